The summed E-state index contributed by atoms with van der Waals surface area (Å²) in [5.74, 6) is 2.56. The zero-order chi connectivity index (χ0) is 13.5. The molecule has 104 valence electrons. The van der Waals surface area contributed by atoms with Gasteiger partial charge in [0.25, 0.3) is 0 Å². The summed E-state index contributed by atoms with van der Waals surface area (Å²) in [6, 6.07) is 9.19. The molecule has 1 heteroatoms. The highest BCUT2D eigenvalue weighted by Crippen LogP contribution is 2.59. The van der Waals surface area contributed by atoms with Crippen molar-refractivity contribution in [3.8, 4) is 0 Å². The Labute approximate surface area is 117 Å². The quantitative estimate of drug-likeness (QED) is 0.840. The summed E-state index contributed by atoms with van der Waals surface area (Å²) < 4.78 is 0. The first-order valence-corrected chi connectivity index (χ1v) is 7.88. The molecule has 0 radical (unpaired) electrons. The Kier molecular flexibility index (Phi) is 3.42. The smallest absolute Gasteiger partial charge is 0.00255 e. The van der Waals surface area contributed by atoms with Gasteiger partial charge in [0.2, 0.25) is 0 Å². The lowest BCUT2D eigenvalue weighted by Crippen LogP contribution is -2.51. The molecule has 1 aliphatic heterocycles. The predicted molar refractivity (Wildman–Crippen MR) is 81.4 cm³/mol. The third kappa shape index (κ3) is 2.33. The monoisotopic (exact) mass is 257 g/mol. The molecule has 0 amide bonds. The van der Waals surface area contributed by atoms with Crippen molar-refractivity contribution >= 4 is 0 Å². The average molecular weight is 257 g/mol. The summed E-state index contributed by atoms with van der Waals surface area (Å²) in [4.78, 5) is 0. The van der Waals surface area contributed by atoms with E-state index >= 15 is 0 Å². The molecular formula is C18H27N. The maximum Gasteiger partial charge on any atom is 0.00255 e. The normalized spacial score (nSPS) is 34.5. The number of benzene rings is 1. The van der Waals surface area contributed by atoms with Gasteiger partial charge in [-0.1, -0.05) is 43.7 Å². The van der Waals surface area contributed by atoms with E-state index in [2.05, 4.69) is 50.4 Å². The van der Waals surface area contributed by atoms with Crippen LogP contribution in [0.2, 0.25) is 0 Å². The molecule has 1 spiro atoms. The van der Waals surface area contributed by atoms with Gasteiger partial charge in [0, 0.05) is 12.5 Å². The molecule has 1 unspecified atom stereocenters. The van der Waals surface area contributed by atoms with Crippen LogP contribution >= 0.6 is 0 Å². The second kappa shape index (κ2) is 4.94. The van der Waals surface area contributed by atoms with Gasteiger partial charge in [-0.05, 0) is 55.5 Å². The summed E-state index contributed by atoms with van der Waals surface area (Å²) in [5.41, 5.74) is 3.57. The minimum atomic E-state index is 0.605. The highest BCUT2D eigenvalue weighted by Gasteiger charge is 2.51. The summed E-state index contributed by atoms with van der Waals surface area (Å²) in [6.07, 6.45) is 4.27. The molecule has 1 aromatic rings. The van der Waals surface area contributed by atoms with Crippen molar-refractivity contribution in [2.75, 3.05) is 13.1 Å². The topological polar surface area (TPSA) is 12.0 Å². The fourth-order valence-electron chi connectivity index (χ4n) is 4.28. The van der Waals surface area contributed by atoms with Gasteiger partial charge in [-0.15, -0.1) is 0 Å². The zero-order valence-corrected chi connectivity index (χ0v) is 12.6. The van der Waals surface area contributed by atoms with E-state index in [4.69, 9.17) is 0 Å². The first-order valence-electron chi connectivity index (χ1n) is 7.88. The standard InChI is InChI=1S/C18H27N/c1-13(2)16-10-18(11-16)7-8-19-12-17(18)15-6-4-5-14(3)9-15/h4-6,9,13,16-17,19H,7-8,10-12H2,1-3H3. The summed E-state index contributed by atoms with van der Waals surface area (Å²) in [5, 5.41) is 3.62. The fraction of sp³-hybridized carbons (Fsp3) is 0.667. The summed E-state index contributed by atoms with van der Waals surface area (Å²) in [6.45, 7) is 9.38. The van der Waals surface area contributed by atoms with Crippen LogP contribution < -0.4 is 5.32 Å². The second-order valence-corrected chi connectivity index (χ2v) is 7.20. The van der Waals surface area contributed by atoms with Crippen LogP contribution in [-0.4, -0.2) is 13.1 Å². The van der Waals surface area contributed by atoms with Crippen molar-refractivity contribution < 1.29 is 0 Å². The van der Waals surface area contributed by atoms with Crippen LogP contribution in [0.25, 0.3) is 0 Å². The second-order valence-electron chi connectivity index (χ2n) is 7.20. The van der Waals surface area contributed by atoms with Crippen LogP contribution in [0, 0.1) is 24.2 Å². The van der Waals surface area contributed by atoms with Gasteiger partial charge >= 0.3 is 0 Å². The maximum absolute atomic E-state index is 3.62. The van der Waals surface area contributed by atoms with E-state index in [0.717, 1.165) is 17.8 Å². The Morgan fingerprint density at radius 2 is 2.05 bits per heavy atom. The number of nitrogens with one attached hydrogen (secondary N) is 1. The van der Waals surface area contributed by atoms with E-state index in [1.807, 2.05) is 0 Å². The average Bonchev–Trinajstić information content (AvgIpc) is 2.35. The van der Waals surface area contributed by atoms with Gasteiger partial charge in [-0.2, -0.15) is 0 Å². The van der Waals surface area contributed by atoms with E-state index in [9.17, 15) is 0 Å². The van der Waals surface area contributed by atoms with Crippen molar-refractivity contribution in [2.45, 2.75) is 46.0 Å². The molecule has 3 rings (SSSR count). The molecule has 1 N–H and O–H groups in total. The molecule has 1 nitrogen and oxygen atoms in total. The van der Waals surface area contributed by atoms with Gasteiger partial charge in [-0.25, -0.2) is 0 Å². The molecular weight excluding hydrogens is 230 g/mol. The van der Waals surface area contributed by atoms with E-state index in [0.29, 0.717) is 5.41 Å². The predicted octanol–water partition coefficient (Wildman–Crippen LogP) is 4.12. The lowest BCUT2D eigenvalue weighted by molar-refractivity contribution is -0.0214. The third-order valence-electron chi connectivity index (χ3n) is 5.61. The molecule has 0 aromatic heterocycles. The third-order valence-corrected chi connectivity index (χ3v) is 5.61. The number of hydrogen-bond donors (Lipinski definition) is 1. The maximum atomic E-state index is 3.62. The van der Waals surface area contributed by atoms with Gasteiger partial charge in [0.1, 0.15) is 0 Å². The molecule has 1 saturated heterocycles. The molecule has 1 saturated carbocycles. The van der Waals surface area contributed by atoms with Gasteiger partial charge in [-0.3, -0.25) is 0 Å². The Morgan fingerprint density at radius 3 is 2.74 bits per heavy atom. The number of aryl methyl sites for hydroxylation is 1. The molecule has 2 aliphatic rings. The van der Waals surface area contributed by atoms with Crippen LogP contribution in [0.15, 0.2) is 24.3 Å². The summed E-state index contributed by atoms with van der Waals surface area (Å²) >= 11 is 0. The lowest BCUT2D eigenvalue weighted by Gasteiger charge is -2.56. The van der Waals surface area contributed by atoms with Gasteiger partial charge < -0.3 is 5.32 Å². The zero-order valence-electron chi connectivity index (χ0n) is 12.6. The Balaban J connectivity index is 1.83. The van der Waals surface area contributed by atoms with Crippen molar-refractivity contribution in [1.82, 2.24) is 5.32 Å². The minimum absolute atomic E-state index is 0.605. The van der Waals surface area contributed by atoms with Crippen LogP contribution in [-0.2, 0) is 0 Å². The summed E-state index contributed by atoms with van der Waals surface area (Å²) in [7, 11) is 0. The largest absolute Gasteiger partial charge is 0.316 e. The molecule has 1 heterocycles. The lowest BCUT2D eigenvalue weighted by atomic mass is 9.50. The highest BCUT2D eigenvalue weighted by atomic mass is 14.9. The molecule has 2 fully saturated rings. The molecule has 19 heavy (non-hydrogen) atoms. The van der Waals surface area contributed by atoms with Crippen LogP contribution in [0.5, 0.6) is 0 Å². The number of piperidine rings is 1. The van der Waals surface area contributed by atoms with Gasteiger partial charge in [0.05, 0.1) is 0 Å². The fourth-order valence-corrected chi connectivity index (χ4v) is 4.28. The Hall–Kier alpha value is -0.820. The molecule has 1 aliphatic carbocycles. The van der Waals surface area contributed by atoms with Crippen molar-refractivity contribution in [2.24, 2.45) is 17.3 Å². The number of hydrogen-bond acceptors (Lipinski definition) is 1. The van der Waals surface area contributed by atoms with Crippen molar-refractivity contribution in [3.05, 3.63) is 35.4 Å². The first-order chi connectivity index (χ1) is 9.11. The van der Waals surface area contributed by atoms with Crippen LogP contribution in [0.3, 0.4) is 0 Å². The van der Waals surface area contributed by atoms with E-state index in [1.54, 1.807) is 5.56 Å². The van der Waals surface area contributed by atoms with Gasteiger partial charge in [0.15, 0.2) is 0 Å². The first kappa shape index (κ1) is 13.2. The molecule has 1 atom stereocenters. The molecule has 0 bridgehead atoms. The SMILES string of the molecule is Cc1cccc(C2CNCCC23CC(C(C)C)C3)c1. The number of rotatable bonds is 2. The van der Waals surface area contributed by atoms with Crippen molar-refractivity contribution in [1.29, 1.82) is 0 Å². The van der Waals surface area contributed by atoms with Crippen molar-refractivity contribution in [3.63, 3.8) is 0 Å². The minimum Gasteiger partial charge on any atom is -0.316 e. The van der Waals surface area contributed by atoms with Crippen LogP contribution in [0.4, 0.5) is 0 Å². The molecule has 1 aromatic carbocycles. The Bertz CT molecular complexity index is 443. The highest BCUT2D eigenvalue weighted by molar-refractivity contribution is 5.29. The Morgan fingerprint density at radius 1 is 1.26 bits per heavy atom. The van der Waals surface area contributed by atoms with Crippen LogP contribution in [0.1, 0.15) is 50.2 Å². The van der Waals surface area contributed by atoms with E-state index < -0.39 is 0 Å². The van der Waals surface area contributed by atoms with E-state index in [1.165, 1.54) is 37.9 Å². The van der Waals surface area contributed by atoms with E-state index in [-0.39, 0.29) is 0 Å².